The first-order valence-corrected chi connectivity index (χ1v) is 10.9. The molecule has 1 heterocycles. The van der Waals surface area contributed by atoms with Gasteiger partial charge in [-0.1, -0.05) is 47.8 Å². The number of nitrogen functional groups attached to an aromatic ring is 1. The van der Waals surface area contributed by atoms with Crippen LogP contribution in [0.3, 0.4) is 0 Å². The van der Waals surface area contributed by atoms with Crippen LogP contribution in [0.15, 0.2) is 105 Å². The molecule has 0 radical (unpaired) electrons. The van der Waals surface area contributed by atoms with E-state index in [-0.39, 0.29) is 5.82 Å². The largest absolute Gasteiger partial charge is 0.399 e. The zero-order valence-electron chi connectivity index (χ0n) is 15.7. The first-order chi connectivity index (χ1) is 14.6. The molecule has 0 bridgehead atoms. The fourth-order valence-corrected chi connectivity index (χ4v) is 4.90. The van der Waals surface area contributed by atoms with Crippen molar-refractivity contribution in [3.8, 4) is 0 Å². The van der Waals surface area contributed by atoms with Crippen LogP contribution in [-0.2, 0) is 0 Å². The molecule has 0 fully saturated rings. The van der Waals surface area contributed by atoms with Crippen molar-refractivity contribution in [3.05, 3.63) is 90.7 Å². The summed E-state index contributed by atoms with van der Waals surface area (Å²) >= 11 is 3.02. The second-order valence-corrected chi connectivity index (χ2v) is 8.87. The topological polar surface area (TPSA) is 51.8 Å². The van der Waals surface area contributed by atoms with Crippen molar-refractivity contribution in [3.63, 3.8) is 0 Å². The Morgan fingerprint density at radius 2 is 1.10 bits per heavy atom. The third kappa shape index (κ3) is 3.97. The highest BCUT2D eigenvalue weighted by Crippen LogP contribution is 2.38. The number of hydrogen-bond acceptors (Lipinski definition) is 5. The van der Waals surface area contributed by atoms with Crippen LogP contribution in [-0.4, -0.2) is 9.97 Å². The van der Waals surface area contributed by atoms with Gasteiger partial charge in [0.25, 0.3) is 0 Å². The Labute approximate surface area is 181 Å². The van der Waals surface area contributed by atoms with Gasteiger partial charge in [-0.3, -0.25) is 0 Å². The zero-order chi connectivity index (χ0) is 20.5. The van der Waals surface area contributed by atoms with Gasteiger partial charge in [0, 0.05) is 15.5 Å². The monoisotopic (exact) mass is 429 g/mol. The molecule has 0 aliphatic rings. The molecule has 0 amide bonds. The Balaban J connectivity index is 1.63. The van der Waals surface area contributed by atoms with E-state index in [2.05, 4.69) is 24.3 Å². The highest BCUT2D eigenvalue weighted by molar-refractivity contribution is 8.02. The highest BCUT2D eigenvalue weighted by Gasteiger charge is 2.13. The summed E-state index contributed by atoms with van der Waals surface area (Å²) in [6, 6.07) is 26.4. The van der Waals surface area contributed by atoms with Crippen LogP contribution >= 0.6 is 23.5 Å². The van der Waals surface area contributed by atoms with Crippen molar-refractivity contribution in [2.45, 2.75) is 19.8 Å². The molecule has 5 rings (SSSR count). The lowest BCUT2D eigenvalue weighted by molar-refractivity contribution is 0.626. The van der Waals surface area contributed by atoms with Gasteiger partial charge < -0.3 is 5.73 Å². The van der Waals surface area contributed by atoms with E-state index in [0.717, 1.165) is 47.3 Å². The fourth-order valence-electron chi connectivity index (χ4n) is 3.10. The van der Waals surface area contributed by atoms with Crippen LogP contribution in [0.1, 0.15) is 0 Å². The molecule has 146 valence electrons. The van der Waals surface area contributed by atoms with E-state index < -0.39 is 0 Å². The van der Waals surface area contributed by atoms with Crippen molar-refractivity contribution in [1.82, 2.24) is 9.97 Å². The van der Waals surface area contributed by atoms with Gasteiger partial charge >= 0.3 is 0 Å². The number of aromatic nitrogens is 2. The molecule has 0 saturated heterocycles. The van der Waals surface area contributed by atoms with Crippen molar-refractivity contribution in [1.29, 1.82) is 0 Å². The maximum absolute atomic E-state index is 13.3. The summed E-state index contributed by atoms with van der Waals surface area (Å²) in [7, 11) is 0. The summed E-state index contributed by atoms with van der Waals surface area (Å²) in [5, 5.41) is 3.83. The van der Waals surface area contributed by atoms with Gasteiger partial charge in [-0.25, -0.2) is 14.4 Å². The van der Waals surface area contributed by atoms with E-state index >= 15 is 0 Å². The minimum atomic E-state index is -0.258. The molecule has 6 heteroatoms. The smallest absolute Gasteiger partial charge is 0.134 e. The highest BCUT2D eigenvalue weighted by atomic mass is 32.2. The minimum Gasteiger partial charge on any atom is -0.399 e. The summed E-state index contributed by atoms with van der Waals surface area (Å²) in [5.74, 6) is -0.258. The third-order valence-electron chi connectivity index (χ3n) is 4.59. The SMILES string of the molecule is Nc1ccc(Sc2nc3cc4ccccc4cc3nc2Sc2ccc(F)cc2)cc1. The van der Waals surface area contributed by atoms with Crippen LogP contribution in [0, 0.1) is 5.82 Å². The molecule has 0 unspecified atom stereocenters. The van der Waals surface area contributed by atoms with E-state index in [1.54, 1.807) is 23.9 Å². The average molecular weight is 430 g/mol. The molecule has 0 aliphatic carbocycles. The number of nitrogens with two attached hydrogens (primary N) is 1. The molecular formula is C24H16FN3S2. The number of nitrogens with zero attached hydrogens (tertiary/aromatic N) is 2. The predicted molar refractivity (Wildman–Crippen MR) is 123 cm³/mol. The molecule has 2 N–H and O–H groups in total. The Hall–Kier alpha value is -3.09. The number of anilines is 1. The van der Waals surface area contributed by atoms with Crippen LogP contribution < -0.4 is 5.73 Å². The van der Waals surface area contributed by atoms with Gasteiger partial charge in [-0.15, -0.1) is 0 Å². The maximum Gasteiger partial charge on any atom is 0.134 e. The van der Waals surface area contributed by atoms with Crippen molar-refractivity contribution in [2.24, 2.45) is 0 Å². The summed E-state index contributed by atoms with van der Waals surface area (Å²) in [6.07, 6.45) is 0. The molecule has 0 aliphatic heterocycles. The van der Waals surface area contributed by atoms with Gasteiger partial charge in [0.15, 0.2) is 0 Å². The molecule has 0 saturated carbocycles. The quantitative estimate of drug-likeness (QED) is 0.251. The first-order valence-electron chi connectivity index (χ1n) is 9.31. The second-order valence-electron chi connectivity index (χ2n) is 6.75. The van der Waals surface area contributed by atoms with Crippen LogP contribution in [0.5, 0.6) is 0 Å². The van der Waals surface area contributed by atoms with E-state index in [1.807, 2.05) is 36.4 Å². The number of halogens is 1. The molecule has 1 aromatic heterocycles. The van der Waals surface area contributed by atoms with Crippen LogP contribution in [0.2, 0.25) is 0 Å². The normalized spacial score (nSPS) is 11.2. The Bertz CT molecular complexity index is 1250. The van der Waals surface area contributed by atoms with E-state index in [1.165, 1.54) is 23.9 Å². The second kappa shape index (κ2) is 7.97. The zero-order valence-corrected chi connectivity index (χ0v) is 17.4. The van der Waals surface area contributed by atoms with Gasteiger partial charge in [0.05, 0.1) is 11.0 Å². The molecule has 5 aromatic rings. The van der Waals surface area contributed by atoms with E-state index in [9.17, 15) is 4.39 Å². The van der Waals surface area contributed by atoms with E-state index in [0.29, 0.717) is 0 Å². The predicted octanol–water partition coefficient (Wildman–Crippen LogP) is 6.81. The standard InChI is InChI=1S/C24H16FN3S2/c25-17-5-9-19(10-6-17)29-23-24(30-20-11-7-18(26)8-12-20)28-22-14-16-4-2-1-3-15(16)13-21(22)27-23/h1-14H,26H2. The Kier molecular flexibility index (Phi) is 5.02. The summed E-state index contributed by atoms with van der Waals surface area (Å²) in [6.45, 7) is 0. The molecular weight excluding hydrogens is 413 g/mol. The number of rotatable bonds is 4. The molecule has 0 atom stereocenters. The van der Waals surface area contributed by atoms with E-state index in [4.69, 9.17) is 15.7 Å². The Morgan fingerprint density at radius 1 is 0.633 bits per heavy atom. The Morgan fingerprint density at radius 3 is 1.60 bits per heavy atom. The van der Waals surface area contributed by atoms with Gasteiger partial charge in [0.2, 0.25) is 0 Å². The maximum atomic E-state index is 13.3. The van der Waals surface area contributed by atoms with Gasteiger partial charge in [0.1, 0.15) is 15.9 Å². The number of fused-ring (bicyclic) bond motifs is 2. The lowest BCUT2D eigenvalue weighted by Gasteiger charge is -2.10. The minimum absolute atomic E-state index is 0.258. The molecule has 3 nitrogen and oxygen atoms in total. The van der Waals surface area contributed by atoms with Crippen molar-refractivity contribution < 1.29 is 4.39 Å². The van der Waals surface area contributed by atoms with Crippen molar-refractivity contribution in [2.75, 3.05) is 5.73 Å². The van der Waals surface area contributed by atoms with Crippen molar-refractivity contribution >= 4 is 51.0 Å². The summed E-state index contributed by atoms with van der Waals surface area (Å²) < 4.78 is 13.3. The summed E-state index contributed by atoms with van der Waals surface area (Å²) in [4.78, 5) is 11.8. The van der Waals surface area contributed by atoms with Crippen LogP contribution in [0.25, 0.3) is 21.8 Å². The molecule has 4 aromatic carbocycles. The molecule has 30 heavy (non-hydrogen) atoms. The lowest BCUT2D eigenvalue weighted by atomic mass is 10.1. The first kappa shape index (κ1) is 18.9. The van der Waals surface area contributed by atoms with Gasteiger partial charge in [-0.2, -0.15) is 0 Å². The fraction of sp³-hybridized carbons (Fsp3) is 0. The summed E-state index contributed by atoms with van der Waals surface area (Å²) in [5.41, 5.74) is 8.21. The third-order valence-corrected chi connectivity index (χ3v) is 6.69. The molecule has 0 spiro atoms. The average Bonchev–Trinajstić information content (AvgIpc) is 2.76. The van der Waals surface area contributed by atoms with Gasteiger partial charge in [-0.05, 0) is 71.4 Å². The van der Waals surface area contributed by atoms with Crippen LogP contribution in [0.4, 0.5) is 10.1 Å². The number of hydrogen-bond donors (Lipinski definition) is 1. The number of benzene rings is 4. The lowest BCUT2D eigenvalue weighted by Crippen LogP contribution is -1.93.